The molecule has 3 nitrogen and oxygen atoms in total. The first kappa shape index (κ1) is 18.9. The van der Waals surface area contributed by atoms with Gasteiger partial charge in [-0.1, -0.05) is 0 Å². The van der Waals surface area contributed by atoms with Crippen LogP contribution in [0.5, 0.6) is 0 Å². The first-order valence-corrected chi connectivity index (χ1v) is 8.23. The molecule has 0 spiro atoms. The van der Waals surface area contributed by atoms with Gasteiger partial charge in [-0.25, -0.2) is 0 Å². The van der Waals surface area contributed by atoms with Gasteiger partial charge in [-0.05, 0) is 44.1 Å². The lowest BCUT2D eigenvalue weighted by Gasteiger charge is -2.23. The minimum absolute atomic E-state index is 0. The van der Waals surface area contributed by atoms with E-state index in [9.17, 15) is 0 Å². The van der Waals surface area contributed by atoms with Crippen LogP contribution in [0.1, 0.15) is 49.0 Å². The maximum Gasteiger partial charge on any atom is 0.0849 e. The third-order valence-electron chi connectivity index (χ3n) is 4.00. The Morgan fingerprint density at radius 2 is 1.57 bits per heavy atom. The Labute approximate surface area is 143 Å². The van der Waals surface area contributed by atoms with Crippen molar-refractivity contribution >= 4 is 42.3 Å². The van der Waals surface area contributed by atoms with Gasteiger partial charge in [0, 0.05) is 34.9 Å². The van der Waals surface area contributed by atoms with E-state index in [0.717, 1.165) is 44.6 Å². The van der Waals surface area contributed by atoms with Crippen molar-refractivity contribution in [3.05, 3.63) is 23.3 Å². The van der Waals surface area contributed by atoms with Crippen molar-refractivity contribution in [2.24, 2.45) is 0 Å². The Bertz CT molecular complexity index is 461. The maximum absolute atomic E-state index is 6.25. The number of nitrogen functional groups attached to an aromatic ring is 1. The van der Waals surface area contributed by atoms with Crippen LogP contribution in [-0.4, -0.2) is 19.5 Å². The highest BCUT2D eigenvalue weighted by Crippen LogP contribution is 2.44. The Balaban J connectivity index is 0.00000110. The second-order valence-electron chi connectivity index (χ2n) is 5.19. The summed E-state index contributed by atoms with van der Waals surface area (Å²) < 4.78 is 11.8. The molecular formula is C15H23Cl2NO2S. The lowest BCUT2D eigenvalue weighted by atomic mass is 9.93. The third kappa shape index (κ3) is 3.80. The molecule has 0 aliphatic carbocycles. The van der Waals surface area contributed by atoms with Gasteiger partial charge < -0.3 is 15.2 Å². The second-order valence-corrected chi connectivity index (χ2v) is 6.04. The monoisotopic (exact) mass is 351 g/mol. The number of halogens is 2. The van der Waals surface area contributed by atoms with Gasteiger partial charge in [0.25, 0.3) is 0 Å². The number of benzene rings is 1. The molecule has 2 aliphatic rings. The molecule has 0 aromatic heterocycles. The summed E-state index contributed by atoms with van der Waals surface area (Å²) in [5.41, 5.74) is 9.58. The fourth-order valence-corrected chi connectivity index (χ4v) is 3.78. The maximum atomic E-state index is 6.25. The fourth-order valence-electron chi connectivity index (χ4n) is 3.11. The van der Waals surface area contributed by atoms with E-state index in [0.29, 0.717) is 0 Å². The molecule has 1 aromatic rings. The Hall–Kier alpha value is -0.130. The lowest BCUT2D eigenvalue weighted by molar-refractivity contribution is 0.0930. The molecule has 2 saturated heterocycles. The van der Waals surface area contributed by atoms with E-state index in [2.05, 4.69) is 12.3 Å². The molecule has 2 fully saturated rings. The van der Waals surface area contributed by atoms with Crippen molar-refractivity contribution < 1.29 is 9.47 Å². The molecular weight excluding hydrogens is 329 g/mol. The average molecular weight is 352 g/mol. The normalized spacial score (nSPS) is 24.4. The van der Waals surface area contributed by atoms with Crippen LogP contribution in [-0.2, 0) is 9.47 Å². The summed E-state index contributed by atoms with van der Waals surface area (Å²) in [5, 5.41) is 0. The summed E-state index contributed by atoms with van der Waals surface area (Å²) in [7, 11) is 0. The third-order valence-corrected chi connectivity index (χ3v) is 4.80. The van der Waals surface area contributed by atoms with Crippen LogP contribution < -0.4 is 5.73 Å². The van der Waals surface area contributed by atoms with Crippen LogP contribution in [0.4, 0.5) is 5.69 Å². The summed E-state index contributed by atoms with van der Waals surface area (Å²) in [6.45, 7) is 1.71. The van der Waals surface area contributed by atoms with E-state index in [1.54, 1.807) is 11.8 Å². The van der Waals surface area contributed by atoms with E-state index in [1.165, 1.54) is 16.0 Å². The molecule has 2 atom stereocenters. The highest BCUT2D eigenvalue weighted by atomic mass is 35.5. The molecule has 1 aromatic carbocycles. The highest BCUT2D eigenvalue weighted by Gasteiger charge is 2.30. The van der Waals surface area contributed by atoms with E-state index in [-0.39, 0.29) is 37.0 Å². The number of anilines is 1. The van der Waals surface area contributed by atoms with Crippen LogP contribution >= 0.6 is 36.6 Å². The van der Waals surface area contributed by atoms with Crippen molar-refractivity contribution in [1.82, 2.24) is 0 Å². The lowest BCUT2D eigenvalue weighted by Crippen LogP contribution is -2.10. The van der Waals surface area contributed by atoms with Crippen molar-refractivity contribution in [2.45, 2.75) is 42.8 Å². The van der Waals surface area contributed by atoms with Gasteiger partial charge in [-0.2, -0.15) is 0 Å². The standard InChI is InChI=1S/C15H21NO2S.2ClH/c1-19-13-7-6-10(16)14(11-4-2-8-17-11)15(13)12-5-3-9-18-12;;/h6-7,11-12H,2-5,8-9,16H2,1H3;2*1H. The summed E-state index contributed by atoms with van der Waals surface area (Å²) in [6.07, 6.45) is 6.90. The molecule has 2 N–H and O–H groups in total. The van der Waals surface area contributed by atoms with Crippen LogP contribution in [0.15, 0.2) is 17.0 Å². The first-order chi connectivity index (χ1) is 9.31. The van der Waals surface area contributed by atoms with Crippen molar-refractivity contribution in [3.63, 3.8) is 0 Å². The van der Waals surface area contributed by atoms with Crippen LogP contribution in [0.3, 0.4) is 0 Å². The predicted octanol–water partition coefficient (Wildman–Crippen LogP) is 4.54. The number of hydrogen-bond donors (Lipinski definition) is 1. The van der Waals surface area contributed by atoms with Gasteiger partial charge in [-0.3, -0.25) is 0 Å². The van der Waals surface area contributed by atoms with Gasteiger partial charge in [0.2, 0.25) is 0 Å². The molecule has 2 aliphatic heterocycles. The Morgan fingerprint density at radius 1 is 1.00 bits per heavy atom. The van der Waals surface area contributed by atoms with E-state index < -0.39 is 0 Å². The van der Waals surface area contributed by atoms with Gasteiger partial charge in [0.05, 0.1) is 12.2 Å². The zero-order chi connectivity index (χ0) is 13.2. The molecule has 120 valence electrons. The van der Waals surface area contributed by atoms with Gasteiger partial charge >= 0.3 is 0 Å². The summed E-state index contributed by atoms with van der Waals surface area (Å²) in [4.78, 5) is 1.28. The van der Waals surface area contributed by atoms with E-state index in [4.69, 9.17) is 15.2 Å². The zero-order valence-electron chi connectivity index (χ0n) is 12.2. The SMILES string of the molecule is CSc1ccc(N)c(C2CCCO2)c1C1CCCO1.Cl.Cl. The van der Waals surface area contributed by atoms with Crippen LogP contribution in [0, 0.1) is 0 Å². The summed E-state index contributed by atoms with van der Waals surface area (Å²) in [6, 6.07) is 4.14. The van der Waals surface area contributed by atoms with Gasteiger partial charge in [0.15, 0.2) is 0 Å². The largest absolute Gasteiger partial charge is 0.398 e. The molecule has 6 heteroatoms. The first-order valence-electron chi connectivity index (χ1n) is 7.00. The molecule has 2 heterocycles. The van der Waals surface area contributed by atoms with Crippen molar-refractivity contribution in [1.29, 1.82) is 0 Å². The number of hydrogen-bond acceptors (Lipinski definition) is 4. The molecule has 0 saturated carbocycles. The average Bonchev–Trinajstić information content (AvgIpc) is 3.11. The number of rotatable bonds is 3. The van der Waals surface area contributed by atoms with Crippen molar-refractivity contribution in [2.75, 3.05) is 25.2 Å². The minimum Gasteiger partial charge on any atom is -0.398 e. The number of nitrogens with two attached hydrogens (primary N) is 1. The number of ether oxygens (including phenoxy) is 2. The molecule has 3 rings (SSSR count). The van der Waals surface area contributed by atoms with Gasteiger partial charge in [-0.15, -0.1) is 36.6 Å². The minimum atomic E-state index is 0. The quantitative estimate of drug-likeness (QED) is 0.641. The molecule has 21 heavy (non-hydrogen) atoms. The second kappa shape index (κ2) is 8.49. The smallest absolute Gasteiger partial charge is 0.0849 e. The highest BCUT2D eigenvalue weighted by molar-refractivity contribution is 7.98. The molecule has 0 amide bonds. The Kier molecular flexibility index (Phi) is 7.65. The summed E-state index contributed by atoms with van der Waals surface area (Å²) >= 11 is 1.77. The number of thioether (sulfide) groups is 1. The van der Waals surface area contributed by atoms with Crippen molar-refractivity contribution in [3.8, 4) is 0 Å². The Morgan fingerprint density at radius 3 is 2.05 bits per heavy atom. The molecule has 0 radical (unpaired) electrons. The van der Waals surface area contributed by atoms with E-state index in [1.807, 2.05) is 6.07 Å². The van der Waals surface area contributed by atoms with E-state index >= 15 is 0 Å². The topological polar surface area (TPSA) is 44.5 Å². The molecule has 2 unspecified atom stereocenters. The molecule has 0 bridgehead atoms. The summed E-state index contributed by atoms with van der Waals surface area (Å²) in [5.74, 6) is 0. The zero-order valence-corrected chi connectivity index (χ0v) is 14.6. The fraction of sp³-hybridized carbons (Fsp3) is 0.600. The van der Waals surface area contributed by atoms with Gasteiger partial charge in [0.1, 0.15) is 0 Å². The predicted molar refractivity (Wildman–Crippen MR) is 93.0 cm³/mol. The van der Waals surface area contributed by atoms with Crippen LogP contribution in [0.25, 0.3) is 0 Å². The van der Waals surface area contributed by atoms with Crippen LogP contribution in [0.2, 0.25) is 0 Å².